The molecule has 3 saturated heterocycles. The van der Waals surface area contributed by atoms with E-state index in [0.29, 0.717) is 49.2 Å². The molecule has 2 saturated carbocycles. The lowest BCUT2D eigenvalue weighted by atomic mass is 9.81. The van der Waals surface area contributed by atoms with Gasteiger partial charge in [-0.05, 0) is 105 Å². The fraction of sp³-hybridized carbons (Fsp3) is 0.590. The maximum absolute atomic E-state index is 15.1. The van der Waals surface area contributed by atoms with E-state index in [9.17, 15) is 13.2 Å². The lowest BCUT2D eigenvalue weighted by Gasteiger charge is -2.47. The Morgan fingerprint density at radius 1 is 0.900 bits per heavy atom. The largest absolute Gasteiger partial charge is 0.497 e. The maximum Gasteiger partial charge on any atom is 0.304 e. The molecule has 11 heteroatoms. The third-order valence-corrected chi connectivity index (χ3v) is 14.4. The number of benzene rings is 2. The van der Waals surface area contributed by atoms with Gasteiger partial charge in [0, 0.05) is 59.7 Å². The number of nitrogens with zero attached hydrogens (tertiary/aromatic N) is 3. The van der Waals surface area contributed by atoms with E-state index in [1.165, 1.54) is 47.5 Å². The Bertz CT molecular complexity index is 1940. The number of carbonyl (C=O) groups excluding carboxylic acids is 2. The van der Waals surface area contributed by atoms with Crippen molar-refractivity contribution in [3.05, 3.63) is 53.1 Å². The summed E-state index contributed by atoms with van der Waals surface area (Å²) in [7, 11) is -2.32. The monoisotopic (exact) mass is 700 g/mol. The number of morpholine rings is 1. The molecule has 1 aromatic heterocycles. The highest BCUT2D eigenvalue weighted by Gasteiger charge is 2.65. The van der Waals surface area contributed by atoms with Gasteiger partial charge < -0.3 is 18.9 Å². The molecule has 266 valence electrons. The van der Waals surface area contributed by atoms with Crippen molar-refractivity contribution in [2.24, 2.45) is 5.41 Å². The first-order valence-electron chi connectivity index (χ1n) is 18.9. The van der Waals surface area contributed by atoms with Crippen LogP contribution >= 0.6 is 0 Å². The first kappa shape index (κ1) is 32.5. The summed E-state index contributed by atoms with van der Waals surface area (Å²) < 4.78 is 43.4. The molecule has 2 amide bonds. The zero-order valence-corrected chi connectivity index (χ0v) is 29.8. The SMILES string of the molecule is COc1ccc2c(c1)C1CC1(C(=O)N1C3CCCC1CCC3)Cn1c-2c(C2CCCCC2)c2ccc(C(=O)NS(=O)(=O)N3CCOCC3)cc21. The number of methoxy groups -OCH3 is 1. The number of fused-ring (bicyclic) bond motifs is 9. The van der Waals surface area contributed by atoms with E-state index in [0.717, 1.165) is 72.9 Å². The van der Waals surface area contributed by atoms with E-state index < -0.39 is 21.5 Å². The van der Waals surface area contributed by atoms with Gasteiger partial charge >= 0.3 is 10.2 Å². The lowest BCUT2D eigenvalue weighted by Crippen LogP contribution is -2.55. The Morgan fingerprint density at radius 3 is 2.32 bits per heavy atom. The van der Waals surface area contributed by atoms with Crippen molar-refractivity contribution >= 4 is 32.9 Å². The number of hydrogen-bond donors (Lipinski definition) is 1. The lowest BCUT2D eigenvalue weighted by molar-refractivity contribution is -0.147. The molecule has 5 fully saturated rings. The Balaban J connectivity index is 1.20. The Morgan fingerprint density at radius 2 is 1.62 bits per heavy atom. The number of ether oxygens (including phenoxy) is 2. The molecule has 0 spiro atoms. The summed E-state index contributed by atoms with van der Waals surface area (Å²) in [4.78, 5) is 31.1. The number of carbonyl (C=O) groups is 2. The van der Waals surface area contributed by atoms with Crippen LogP contribution < -0.4 is 9.46 Å². The van der Waals surface area contributed by atoms with E-state index in [4.69, 9.17) is 9.47 Å². The highest BCUT2D eigenvalue weighted by atomic mass is 32.2. The standard InChI is InChI=1S/C39H48N4O6S/c1-48-29-14-16-30-32(22-29)33-23-39(33,38(45)43-27-9-5-10-28(43)12-6-11-27)24-42-34-21-26(37(44)40-50(46,47)41-17-19-49-20-18-41)13-15-31(34)35(36(30)42)25-7-3-2-4-8-25/h13-16,21-22,25,27-28,33H,2-12,17-20,23-24H2,1H3,(H,40,44). The molecule has 2 unspecified atom stereocenters. The number of aromatic nitrogens is 1. The van der Waals surface area contributed by atoms with Gasteiger partial charge in [-0.3, -0.25) is 9.59 Å². The van der Waals surface area contributed by atoms with Gasteiger partial charge in [0.25, 0.3) is 5.91 Å². The minimum atomic E-state index is -4.02. The van der Waals surface area contributed by atoms with Crippen LogP contribution in [0.1, 0.15) is 110 Å². The molecular weight excluding hydrogens is 653 g/mol. The summed E-state index contributed by atoms with van der Waals surface area (Å²) in [5.74, 6) is 0.896. The van der Waals surface area contributed by atoms with E-state index >= 15 is 4.79 Å². The van der Waals surface area contributed by atoms with Crippen molar-refractivity contribution in [1.29, 1.82) is 0 Å². The van der Waals surface area contributed by atoms with Crippen molar-refractivity contribution in [2.45, 2.75) is 108 Å². The van der Waals surface area contributed by atoms with Crippen molar-refractivity contribution in [1.82, 2.24) is 18.5 Å². The first-order valence-corrected chi connectivity index (χ1v) is 20.3. The van der Waals surface area contributed by atoms with Crippen LogP contribution in [0.25, 0.3) is 22.2 Å². The summed E-state index contributed by atoms with van der Waals surface area (Å²) in [6.45, 7) is 1.56. The third kappa shape index (κ3) is 5.20. The number of rotatable bonds is 6. The second-order valence-electron chi connectivity index (χ2n) is 15.6. The van der Waals surface area contributed by atoms with Gasteiger partial charge in [-0.25, -0.2) is 4.72 Å². The Labute approximate surface area is 294 Å². The molecule has 5 heterocycles. The van der Waals surface area contributed by atoms with Crippen LogP contribution in [-0.2, 0) is 26.3 Å². The van der Waals surface area contributed by atoms with Crippen molar-refractivity contribution in [2.75, 3.05) is 33.4 Å². The van der Waals surface area contributed by atoms with Crippen molar-refractivity contribution < 1.29 is 27.5 Å². The molecule has 9 rings (SSSR count). The maximum atomic E-state index is 15.1. The topological polar surface area (TPSA) is 110 Å². The molecular formula is C39H48N4O6S. The van der Waals surface area contributed by atoms with E-state index in [1.54, 1.807) is 13.2 Å². The van der Waals surface area contributed by atoms with Gasteiger partial charge in [0.2, 0.25) is 5.91 Å². The van der Waals surface area contributed by atoms with Gasteiger partial charge in [0.15, 0.2) is 0 Å². The minimum absolute atomic E-state index is 0.0852. The number of piperidine rings is 2. The van der Waals surface area contributed by atoms with Crippen LogP contribution in [0.3, 0.4) is 0 Å². The molecule has 2 atom stereocenters. The summed E-state index contributed by atoms with van der Waals surface area (Å²) in [6.07, 6.45) is 13.3. The predicted molar refractivity (Wildman–Crippen MR) is 190 cm³/mol. The normalized spacial score (nSPS) is 28.3. The van der Waals surface area contributed by atoms with Crippen molar-refractivity contribution in [3.63, 3.8) is 0 Å². The quantitative estimate of drug-likeness (QED) is 0.333. The summed E-state index contributed by atoms with van der Waals surface area (Å²) in [5, 5.41) is 1.10. The van der Waals surface area contributed by atoms with Crippen LogP contribution in [0.15, 0.2) is 36.4 Å². The predicted octanol–water partition coefficient (Wildman–Crippen LogP) is 6.09. The molecule has 2 aliphatic carbocycles. The highest BCUT2D eigenvalue weighted by Crippen LogP contribution is 2.66. The van der Waals surface area contributed by atoms with Crippen LogP contribution in [0.2, 0.25) is 0 Å². The second-order valence-corrected chi connectivity index (χ2v) is 17.3. The second kappa shape index (κ2) is 12.4. The van der Waals surface area contributed by atoms with Crippen molar-refractivity contribution in [3.8, 4) is 17.0 Å². The molecule has 1 N–H and O–H groups in total. The fourth-order valence-electron chi connectivity index (χ4n) is 10.4. The average Bonchev–Trinajstić information content (AvgIpc) is 3.81. The van der Waals surface area contributed by atoms with E-state index in [2.05, 4.69) is 26.3 Å². The van der Waals surface area contributed by atoms with Gasteiger partial charge in [-0.1, -0.05) is 25.3 Å². The number of amides is 2. The van der Waals surface area contributed by atoms with E-state index in [-0.39, 0.29) is 19.0 Å². The molecule has 3 aromatic rings. The Hall–Kier alpha value is -3.41. The minimum Gasteiger partial charge on any atom is -0.497 e. The summed E-state index contributed by atoms with van der Waals surface area (Å²) in [5.41, 5.74) is 5.41. The zero-order chi connectivity index (χ0) is 34.2. The van der Waals surface area contributed by atoms with Gasteiger partial charge in [0.1, 0.15) is 5.75 Å². The smallest absolute Gasteiger partial charge is 0.304 e. The summed E-state index contributed by atoms with van der Waals surface area (Å²) in [6, 6.07) is 12.7. The number of nitrogens with one attached hydrogen (secondary N) is 1. The van der Waals surface area contributed by atoms with Gasteiger partial charge in [-0.2, -0.15) is 12.7 Å². The third-order valence-electron chi connectivity index (χ3n) is 12.9. The molecule has 0 radical (unpaired) electrons. The Kier molecular flexibility index (Phi) is 8.04. The molecule has 6 aliphatic rings. The van der Waals surface area contributed by atoms with Gasteiger partial charge in [0.05, 0.1) is 31.4 Å². The average molecular weight is 701 g/mol. The molecule has 2 bridgehead atoms. The first-order chi connectivity index (χ1) is 24.3. The van der Waals surface area contributed by atoms with E-state index in [1.807, 2.05) is 18.2 Å². The fourth-order valence-corrected chi connectivity index (χ4v) is 11.5. The zero-order valence-electron chi connectivity index (χ0n) is 29.0. The summed E-state index contributed by atoms with van der Waals surface area (Å²) >= 11 is 0. The molecule has 50 heavy (non-hydrogen) atoms. The number of hydrogen-bond acceptors (Lipinski definition) is 6. The molecule has 4 aliphatic heterocycles. The van der Waals surface area contributed by atoms with Crippen LogP contribution in [0.5, 0.6) is 5.75 Å². The molecule has 2 aromatic carbocycles. The molecule has 10 nitrogen and oxygen atoms in total. The van der Waals surface area contributed by atoms with Crippen LogP contribution in [0.4, 0.5) is 0 Å². The highest BCUT2D eigenvalue weighted by molar-refractivity contribution is 7.87. The van der Waals surface area contributed by atoms with Gasteiger partial charge in [-0.15, -0.1) is 0 Å². The van der Waals surface area contributed by atoms with Crippen LogP contribution in [-0.4, -0.2) is 79.5 Å². The van der Waals surface area contributed by atoms with Crippen LogP contribution in [0, 0.1) is 5.41 Å².